The Labute approximate surface area is 209 Å². The Bertz CT molecular complexity index is 1470. The van der Waals surface area contributed by atoms with Crippen molar-refractivity contribution in [1.29, 1.82) is 0 Å². The monoisotopic (exact) mass is 540 g/mol. The minimum absolute atomic E-state index is 0.155. The lowest BCUT2D eigenvalue weighted by molar-refractivity contribution is 0.296. The minimum atomic E-state index is -0.712. The lowest BCUT2D eigenvalue weighted by Crippen LogP contribution is -2.22. The zero-order chi connectivity index (χ0) is 25.3. The van der Waals surface area contributed by atoms with E-state index in [0.29, 0.717) is 28.6 Å². The Morgan fingerprint density at radius 3 is 2.57 bits per heavy atom. The second-order valence-electron chi connectivity index (χ2n) is 8.44. The van der Waals surface area contributed by atoms with Gasteiger partial charge in [-0.1, -0.05) is 13.8 Å². The molecule has 0 amide bonds. The first kappa shape index (κ1) is 24.7. The molecule has 180 valence electrons. The predicted octanol–water partition coefficient (Wildman–Crippen LogP) is 6.05. The van der Waals surface area contributed by atoms with Crippen molar-refractivity contribution in [2.24, 2.45) is 0 Å². The summed E-state index contributed by atoms with van der Waals surface area (Å²) in [5.41, 5.74) is 3.25. The molecule has 0 bridgehead atoms. The fourth-order valence-corrected chi connectivity index (χ4v) is 3.99. The van der Waals surface area contributed by atoms with E-state index < -0.39 is 11.6 Å². The molecule has 35 heavy (non-hydrogen) atoms. The second-order valence-corrected chi connectivity index (χ2v) is 9.24. The van der Waals surface area contributed by atoms with Crippen molar-refractivity contribution in [3.8, 4) is 22.8 Å². The first-order chi connectivity index (χ1) is 16.7. The average molecular weight is 541 g/mol. The van der Waals surface area contributed by atoms with E-state index in [4.69, 9.17) is 4.74 Å². The van der Waals surface area contributed by atoms with Crippen LogP contribution in [0.4, 0.5) is 8.78 Å². The van der Waals surface area contributed by atoms with Gasteiger partial charge in [0.1, 0.15) is 34.3 Å². The van der Waals surface area contributed by atoms with Gasteiger partial charge < -0.3 is 4.74 Å². The molecule has 6 nitrogen and oxygen atoms in total. The van der Waals surface area contributed by atoms with Crippen LogP contribution < -0.4 is 10.3 Å². The van der Waals surface area contributed by atoms with E-state index in [0.717, 1.165) is 17.7 Å². The van der Waals surface area contributed by atoms with E-state index in [1.54, 1.807) is 37.5 Å². The van der Waals surface area contributed by atoms with Crippen LogP contribution in [0, 0.1) is 25.5 Å². The third-order valence-corrected chi connectivity index (χ3v) is 6.18. The molecule has 0 saturated carbocycles. The summed E-state index contributed by atoms with van der Waals surface area (Å²) >= 11 is 3.32. The molecule has 0 radical (unpaired) electrons. The van der Waals surface area contributed by atoms with Crippen LogP contribution in [0.1, 0.15) is 42.4 Å². The topological polar surface area (TPSA) is 69.9 Å². The molecule has 0 atom stereocenters. The summed E-state index contributed by atoms with van der Waals surface area (Å²) in [4.78, 5) is 26.8. The number of pyridine rings is 2. The summed E-state index contributed by atoms with van der Waals surface area (Å²) in [7, 11) is 0. The van der Waals surface area contributed by atoms with Crippen molar-refractivity contribution in [3.05, 3.63) is 97.9 Å². The third kappa shape index (κ3) is 5.14. The summed E-state index contributed by atoms with van der Waals surface area (Å²) in [6, 6.07) is 8.48. The van der Waals surface area contributed by atoms with E-state index in [-0.39, 0.29) is 33.9 Å². The number of ether oxygens (including phenoxy) is 1. The van der Waals surface area contributed by atoms with Gasteiger partial charge in [-0.3, -0.25) is 14.3 Å². The van der Waals surface area contributed by atoms with Gasteiger partial charge in [-0.15, -0.1) is 0 Å². The first-order valence-electron chi connectivity index (χ1n) is 10.9. The normalized spacial score (nSPS) is 11.2. The molecule has 0 unspecified atom stereocenters. The standard InChI is InChI=1S/C26H23BrF2N4O2/c1-14(2)25-31-12-15(3)24(32-25)21-11-19(7-8-30-21)33-16(4)9-22(23(27)26(33)34)35-13-17-5-6-18(28)10-20(17)29/h5-12,14H,13H2,1-4H3. The van der Waals surface area contributed by atoms with Gasteiger partial charge in [0.2, 0.25) is 0 Å². The van der Waals surface area contributed by atoms with Crippen molar-refractivity contribution in [1.82, 2.24) is 19.5 Å². The van der Waals surface area contributed by atoms with Crippen molar-refractivity contribution in [3.63, 3.8) is 0 Å². The maximum absolute atomic E-state index is 14.0. The molecule has 3 heterocycles. The van der Waals surface area contributed by atoms with Crippen molar-refractivity contribution >= 4 is 15.9 Å². The Morgan fingerprint density at radius 2 is 1.86 bits per heavy atom. The summed E-state index contributed by atoms with van der Waals surface area (Å²) in [6.07, 6.45) is 3.40. The predicted molar refractivity (Wildman–Crippen MR) is 133 cm³/mol. The maximum atomic E-state index is 14.0. The smallest absolute Gasteiger partial charge is 0.273 e. The highest BCUT2D eigenvalue weighted by Gasteiger charge is 2.16. The molecule has 0 aliphatic heterocycles. The minimum Gasteiger partial charge on any atom is -0.487 e. The van der Waals surface area contributed by atoms with Gasteiger partial charge in [0.05, 0.1) is 17.1 Å². The number of hydrogen-bond donors (Lipinski definition) is 0. The Morgan fingerprint density at radius 1 is 1.09 bits per heavy atom. The first-order valence-corrected chi connectivity index (χ1v) is 11.7. The molecule has 4 aromatic rings. The van der Waals surface area contributed by atoms with E-state index >= 15 is 0 Å². The Hall–Kier alpha value is -3.46. The van der Waals surface area contributed by atoms with Crippen molar-refractivity contribution in [2.45, 2.75) is 40.2 Å². The summed E-state index contributed by atoms with van der Waals surface area (Å²) in [5, 5.41) is 0. The van der Waals surface area contributed by atoms with Crippen molar-refractivity contribution < 1.29 is 13.5 Å². The highest BCUT2D eigenvalue weighted by molar-refractivity contribution is 9.10. The van der Waals surface area contributed by atoms with E-state index in [1.807, 2.05) is 20.8 Å². The summed E-state index contributed by atoms with van der Waals surface area (Å²) < 4.78 is 34.5. The van der Waals surface area contributed by atoms with Gasteiger partial charge in [-0.05, 0) is 59.6 Å². The van der Waals surface area contributed by atoms with E-state index in [2.05, 4.69) is 30.9 Å². The molecular weight excluding hydrogens is 518 g/mol. The fraction of sp³-hybridized carbons (Fsp3) is 0.231. The molecule has 0 spiro atoms. The quantitative estimate of drug-likeness (QED) is 0.297. The number of hydrogen-bond acceptors (Lipinski definition) is 5. The van der Waals surface area contributed by atoms with Gasteiger partial charge in [0, 0.05) is 41.7 Å². The van der Waals surface area contributed by atoms with Gasteiger partial charge in [0.15, 0.2) is 0 Å². The van der Waals surface area contributed by atoms with E-state index in [1.165, 1.54) is 10.6 Å². The molecule has 4 rings (SSSR count). The summed E-state index contributed by atoms with van der Waals surface area (Å²) in [5.74, 6) is -0.242. The van der Waals surface area contributed by atoms with Gasteiger partial charge in [0.25, 0.3) is 5.56 Å². The number of nitrogens with zero attached hydrogens (tertiary/aromatic N) is 4. The Kier molecular flexibility index (Phi) is 7.07. The van der Waals surface area contributed by atoms with Crippen LogP contribution in [0.3, 0.4) is 0 Å². The Balaban J connectivity index is 1.69. The van der Waals surface area contributed by atoms with Crippen LogP contribution in [0.15, 0.2) is 58.1 Å². The highest BCUT2D eigenvalue weighted by atomic mass is 79.9. The van der Waals surface area contributed by atoms with Crippen LogP contribution >= 0.6 is 15.9 Å². The molecule has 0 N–H and O–H groups in total. The lowest BCUT2D eigenvalue weighted by atomic mass is 10.1. The number of aryl methyl sites for hydroxylation is 2. The summed E-state index contributed by atoms with van der Waals surface area (Å²) in [6.45, 7) is 7.57. The second kappa shape index (κ2) is 10.0. The van der Waals surface area contributed by atoms with Crippen molar-refractivity contribution in [2.75, 3.05) is 0 Å². The zero-order valence-corrected chi connectivity index (χ0v) is 21.2. The van der Waals surface area contributed by atoms with Crippen LogP contribution in [-0.2, 0) is 6.61 Å². The average Bonchev–Trinajstić information content (AvgIpc) is 2.82. The third-order valence-electron chi connectivity index (χ3n) is 5.45. The molecule has 0 aliphatic rings. The molecule has 0 fully saturated rings. The number of halogens is 3. The lowest BCUT2D eigenvalue weighted by Gasteiger charge is -2.16. The van der Waals surface area contributed by atoms with Gasteiger partial charge >= 0.3 is 0 Å². The SMILES string of the molecule is Cc1cnc(C(C)C)nc1-c1cc(-n2c(C)cc(OCc3ccc(F)cc3F)c(Br)c2=O)ccn1. The number of rotatable bonds is 6. The molecular formula is C26H23BrF2N4O2. The van der Waals surface area contributed by atoms with Crippen LogP contribution in [0.25, 0.3) is 17.1 Å². The largest absolute Gasteiger partial charge is 0.487 e. The highest BCUT2D eigenvalue weighted by Crippen LogP contribution is 2.27. The number of aromatic nitrogens is 4. The van der Waals surface area contributed by atoms with Crippen LogP contribution in [0.5, 0.6) is 5.75 Å². The molecule has 0 aliphatic carbocycles. The zero-order valence-electron chi connectivity index (χ0n) is 19.6. The van der Waals surface area contributed by atoms with Crippen LogP contribution in [0.2, 0.25) is 0 Å². The van der Waals surface area contributed by atoms with Gasteiger partial charge in [-0.25, -0.2) is 18.7 Å². The van der Waals surface area contributed by atoms with Gasteiger partial charge in [-0.2, -0.15) is 0 Å². The van der Waals surface area contributed by atoms with Crippen LogP contribution in [-0.4, -0.2) is 19.5 Å². The maximum Gasteiger partial charge on any atom is 0.273 e. The molecule has 1 aromatic carbocycles. The van der Waals surface area contributed by atoms with E-state index in [9.17, 15) is 13.6 Å². The molecule has 3 aromatic heterocycles. The fourth-order valence-electron chi connectivity index (χ4n) is 3.58. The molecule has 0 saturated heterocycles. The molecule has 9 heteroatoms. The number of benzene rings is 1.